The highest BCUT2D eigenvalue weighted by Crippen LogP contribution is 2.35. The largest absolute Gasteiger partial charge is 0.494 e. The second-order valence-electron chi connectivity index (χ2n) is 15.1. The smallest absolute Gasteiger partial charge is 0.353 e. The Morgan fingerprint density at radius 1 is 0.413 bits per heavy atom. The van der Waals surface area contributed by atoms with Gasteiger partial charge in [-0.3, -0.25) is 0 Å². The Balaban J connectivity index is 0.955. The maximum atomic E-state index is 13.2. The number of carbonyl (C=O) groups excluding carboxylic acids is 4. The van der Waals surface area contributed by atoms with E-state index in [0.29, 0.717) is 40.4 Å². The molecule has 0 spiro atoms. The van der Waals surface area contributed by atoms with E-state index in [1.165, 1.54) is 99.9 Å². The summed E-state index contributed by atoms with van der Waals surface area (Å²) in [6.45, 7) is 5.69. The van der Waals surface area contributed by atoms with Crippen LogP contribution in [-0.4, -0.2) is 37.1 Å². The molecule has 11 heteroatoms. The molecule has 10 nitrogen and oxygen atoms in total. The SMILES string of the molecule is CCCCCCCCOc1ccc(OC(=O)c2ccc(OC(=O)c3cc4cccc(OC(=O)c5ccc(OC(=O)c6ccc(OCCCCCCCC)cc6)cc5)c4s3)cc2)cc1. The zero-order valence-electron chi connectivity index (χ0n) is 35.9. The third-order valence-corrected chi connectivity index (χ3v) is 11.3. The fraction of sp³-hybridized carbons (Fsp3) is 0.308. The fourth-order valence-corrected chi connectivity index (χ4v) is 7.61. The van der Waals surface area contributed by atoms with Crippen molar-refractivity contribution >= 4 is 45.3 Å². The molecule has 0 aliphatic rings. The van der Waals surface area contributed by atoms with Crippen molar-refractivity contribution < 1.29 is 47.6 Å². The molecule has 0 bridgehead atoms. The quantitative estimate of drug-likeness (QED) is 0.0330. The molecule has 328 valence electrons. The van der Waals surface area contributed by atoms with E-state index in [0.717, 1.165) is 42.8 Å². The minimum Gasteiger partial charge on any atom is -0.494 e. The average molecular weight is 871 g/mol. The molecular formula is C52H54O10S. The van der Waals surface area contributed by atoms with Crippen LogP contribution in [0.2, 0.25) is 0 Å². The van der Waals surface area contributed by atoms with E-state index < -0.39 is 23.9 Å². The Hall–Kier alpha value is -6.46. The molecule has 0 atom stereocenters. The van der Waals surface area contributed by atoms with Crippen LogP contribution in [0.1, 0.15) is 132 Å². The Bertz CT molecular complexity index is 2380. The van der Waals surface area contributed by atoms with Gasteiger partial charge in [0, 0.05) is 0 Å². The summed E-state index contributed by atoms with van der Waals surface area (Å²) in [5.74, 6) is 0.253. The maximum absolute atomic E-state index is 13.2. The highest BCUT2D eigenvalue weighted by atomic mass is 32.1. The summed E-state index contributed by atoms with van der Waals surface area (Å²) < 4.78 is 34.6. The molecule has 6 rings (SSSR count). The molecule has 0 fully saturated rings. The molecule has 63 heavy (non-hydrogen) atoms. The van der Waals surface area contributed by atoms with Crippen LogP contribution < -0.4 is 28.4 Å². The monoisotopic (exact) mass is 870 g/mol. The lowest BCUT2D eigenvalue weighted by molar-refractivity contribution is 0.0721. The second kappa shape index (κ2) is 24.2. The van der Waals surface area contributed by atoms with E-state index in [1.54, 1.807) is 72.8 Å². The highest BCUT2D eigenvalue weighted by molar-refractivity contribution is 7.21. The minimum atomic E-state index is -0.627. The van der Waals surface area contributed by atoms with Crippen LogP contribution in [0.15, 0.2) is 121 Å². The Kier molecular flexibility index (Phi) is 17.7. The van der Waals surface area contributed by atoms with Crippen LogP contribution in [0.5, 0.6) is 34.5 Å². The highest BCUT2D eigenvalue weighted by Gasteiger charge is 2.19. The molecule has 0 saturated heterocycles. The number of fused-ring (bicyclic) bond motifs is 1. The van der Waals surface area contributed by atoms with Gasteiger partial charge in [-0.15, -0.1) is 11.3 Å². The summed E-state index contributed by atoms with van der Waals surface area (Å²) in [7, 11) is 0. The van der Waals surface area contributed by atoms with Crippen molar-refractivity contribution in [3.63, 3.8) is 0 Å². The number of carbonyl (C=O) groups is 4. The lowest BCUT2D eigenvalue weighted by atomic mass is 10.1. The van der Waals surface area contributed by atoms with Crippen LogP contribution in [-0.2, 0) is 0 Å². The Morgan fingerprint density at radius 2 is 0.794 bits per heavy atom. The molecule has 6 aromatic rings. The van der Waals surface area contributed by atoms with Crippen molar-refractivity contribution in [2.75, 3.05) is 13.2 Å². The van der Waals surface area contributed by atoms with Gasteiger partial charge < -0.3 is 28.4 Å². The van der Waals surface area contributed by atoms with Gasteiger partial charge in [0.2, 0.25) is 0 Å². The predicted octanol–water partition coefficient (Wildman–Crippen LogP) is 13.3. The molecule has 0 saturated carbocycles. The van der Waals surface area contributed by atoms with Gasteiger partial charge in [0.05, 0.1) is 34.6 Å². The van der Waals surface area contributed by atoms with E-state index in [-0.39, 0.29) is 33.3 Å². The summed E-state index contributed by atoms with van der Waals surface area (Å²) >= 11 is 1.12. The van der Waals surface area contributed by atoms with Gasteiger partial charge >= 0.3 is 23.9 Å². The van der Waals surface area contributed by atoms with Gasteiger partial charge in [-0.1, -0.05) is 90.2 Å². The molecule has 0 aliphatic heterocycles. The van der Waals surface area contributed by atoms with Crippen molar-refractivity contribution in [3.05, 3.63) is 143 Å². The lowest BCUT2D eigenvalue weighted by Crippen LogP contribution is -2.10. The third kappa shape index (κ3) is 14.3. The number of hydrogen-bond acceptors (Lipinski definition) is 11. The normalized spacial score (nSPS) is 10.9. The summed E-state index contributed by atoms with van der Waals surface area (Å²) in [4.78, 5) is 52.3. The van der Waals surface area contributed by atoms with Crippen LogP contribution in [0, 0.1) is 0 Å². The van der Waals surface area contributed by atoms with E-state index in [4.69, 9.17) is 28.4 Å². The molecule has 1 heterocycles. The first-order valence-electron chi connectivity index (χ1n) is 21.9. The first-order chi connectivity index (χ1) is 30.8. The Labute approximate surface area is 373 Å². The molecular weight excluding hydrogens is 817 g/mol. The number of esters is 4. The van der Waals surface area contributed by atoms with E-state index >= 15 is 0 Å². The first-order valence-corrected chi connectivity index (χ1v) is 22.7. The fourth-order valence-electron chi connectivity index (χ4n) is 6.62. The van der Waals surface area contributed by atoms with Crippen LogP contribution >= 0.6 is 11.3 Å². The van der Waals surface area contributed by atoms with Crippen molar-refractivity contribution in [2.24, 2.45) is 0 Å². The van der Waals surface area contributed by atoms with Gasteiger partial charge in [0.1, 0.15) is 39.4 Å². The standard InChI is InChI=1S/C52H54O10S/c1-3-5-7-9-11-13-34-57-41-24-18-37(19-25-41)49(53)59-43-26-22-39(23-27-43)51(55)62-46-17-15-16-40-36-47(63-48(40)46)52(56)61-44-28-20-38(21-29-44)50(54)60-45-32-30-42(31-33-45)58-35-14-12-10-8-6-4-2/h15-33,36H,3-14,34-35H2,1-2H3. The van der Waals surface area contributed by atoms with E-state index in [9.17, 15) is 19.2 Å². The average Bonchev–Trinajstić information content (AvgIpc) is 3.76. The van der Waals surface area contributed by atoms with Gasteiger partial charge in [0.25, 0.3) is 0 Å². The Morgan fingerprint density at radius 3 is 1.27 bits per heavy atom. The zero-order chi connectivity index (χ0) is 44.2. The maximum Gasteiger partial charge on any atom is 0.353 e. The molecule has 5 aromatic carbocycles. The number of thiophene rings is 1. The first kappa shape index (κ1) is 46.1. The number of rotatable bonds is 24. The summed E-state index contributed by atoms with van der Waals surface area (Å²) in [6.07, 6.45) is 14.2. The zero-order valence-corrected chi connectivity index (χ0v) is 36.8. The molecule has 0 radical (unpaired) electrons. The van der Waals surface area contributed by atoms with E-state index in [2.05, 4.69) is 13.8 Å². The van der Waals surface area contributed by atoms with Gasteiger partial charge in [-0.25, -0.2) is 19.2 Å². The molecule has 1 aromatic heterocycles. The third-order valence-electron chi connectivity index (χ3n) is 10.2. The number of hydrogen-bond donors (Lipinski definition) is 0. The molecule has 0 unspecified atom stereocenters. The van der Waals surface area contributed by atoms with Crippen LogP contribution in [0.4, 0.5) is 0 Å². The van der Waals surface area contributed by atoms with Gasteiger partial charge in [-0.2, -0.15) is 0 Å². The number of unbranched alkanes of at least 4 members (excludes halogenated alkanes) is 10. The summed E-state index contributed by atoms with van der Waals surface area (Å²) in [5, 5.41) is 0.687. The van der Waals surface area contributed by atoms with Gasteiger partial charge in [0.15, 0.2) is 0 Å². The van der Waals surface area contributed by atoms with Crippen LogP contribution in [0.3, 0.4) is 0 Å². The minimum absolute atomic E-state index is 0.239. The van der Waals surface area contributed by atoms with Crippen molar-refractivity contribution in [2.45, 2.75) is 90.9 Å². The van der Waals surface area contributed by atoms with Crippen LogP contribution in [0.25, 0.3) is 10.1 Å². The molecule has 0 aliphatic carbocycles. The number of ether oxygens (including phenoxy) is 6. The van der Waals surface area contributed by atoms with Crippen molar-refractivity contribution in [1.82, 2.24) is 0 Å². The number of benzene rings is 5. The van der Waals surface area contributed by atoms with Crippen molar-refractivity contribution in [1.29, 1.82) is 0 Å². The predicted molar refractivity (Wildman–Crippen MR) is 245 cm³/mol. The van der Waals surface area contributed by atoms with Crippen molar-refractivity contribution in [3.8, 4) is 34.5 Å². The van der Waals surface area contributed by atoms with Gasteiger partial charge in [-0.05, 0) is 127 Å². The summed E-state index contributed by atoms with van der Waals surface area (Å²) in [6, 6.07) is 32.7. The summed E-state index contributed by atoms with van der Waals surface area (Å²) in [5.41, 5.74) is 0.895. The lowest BCUT2D eigenvalue weighted by Gasteiger charge is -2.09. The molecule has 0 N–H and O–H groups in total. The topological polar surface area (TPSA) is 124 Å². The van der Waals surface area contributed by atoms with E-state index in [1.807, 2.05) is 0 Å². The molecule has 0 amide bonds. The second-order valence-corrected chi connectivity index (χ2v) is 16.2.